The Morgan fingerprint density at radius 1 is 1.50 bits per heavy atom. The van der Waals surface area contributed by atoms with E-state index in [-0.39, 0.29) is 0 Å². The molecule has 0 saturated carbocycles. The van der Waals surface area contributed by atoms with Crippen molar-refractivity contribution in [2.75, 3.05) is 13.2 Å². The molecule has 2 N–H and O–H groups in total. The van der Waals surface area contributed by atoms with E-state index in [4.69, 9.17) is 15.5 Å². The number of hydrogen-bond acceptors (Lipinski definition) is 3. The van der Waals surface area contributed by atoms with Crippen LogP contribution in [0.15, 0.2) is 6.20 Å². The summed E-state index contributed by atoms with van der Waals surface area (Å²) in [5.74, 6) is 1.85. The van der Waals surface area contributed by atoms with Gasteiger partial charge in [0.1, 0.15) is 5.82 Å². The van der Waals surface area contributed by atoms with Gasteiger partial charge in [-0.1, -0.05) is 0 Å². The number of imidazole rings is 1. The lowest BCUT2D eigenvalue weighted by Gasteiger charge is -2.18. The molecule has 2 aliphatic heterocycles. The van der Waals surface area contributed by atoms with Crippen molar-refractivity contribution < 1.29 is 4.74 Å². The zero-order chi connectivity index (χ0) is 11.0. The molecule has 0 bridgehead atoms. The quantitative estimate of drug-likeness (QED) is 0.801. The number of hydrogen-bond donors (Lipinski definition) is 1. The first-order chi connectivity index (χ1) is 7.81. The highest BCUT2D eigenvalue weighted by Crippen LogP contribution is 2.20. The molecule has 0 aliphatic carbocycles. The lowest BCUT2D eigenvalue weighted by molar-refractivity contribution is 0.185. The van der Waals surface area contributed by atoms with Crippen LogP contribution in [0.5, 0.6) is 0 Å². The maximum absolute atomic E-state index is 5.95. The van der Waals surface area contributed by atoms with Crippen LogP contribution in [0.1, 0.15) is 24.4 Å². The molecule has 0 radical (unpaired) electrons. The van der Waals surface area contributed by atoms with Gasteiger partial charge in [-0.3, -0.25) is 0 Å². The molecule has 1 aromatic heterocycles. The Kier molecular flexibility index (Phi) is 2.69. The van der Waals surface area contributed by atoms with E-state index >= 15 is 0 Å². The summed E-state index contributed by atoms with van der Waals surface area (Å²) in [6.45, 7) is 2.86. The summed E-state index contributed by atoms with van der Waals surface area (Å²) in [6.07, 6.45) is 6.47. The van der Waals surface area contributed by atoms with Crippen LogP contribution in [-0.2, 0) is 24.1 Å². The van der Waals surface area contributed by atoms with Gasteiger partial charge in [0.2, 0.25) is 0 Å². The van der Waals surface area contributed by atoms with Crippen LogP contribution in [0.25, 0.3) is 0 Å². The fraction of sp³-hybridized carbons (Fsp3) is 0.750. The van der Waals surface area contributed by atoms with Crippen molar-refractivity contribution in [3.05, 3.63) is 17.7 Å². The van der Waals surface area contributed by atoms with Crippen LogP contribution < -0.4 is 5.73 Å². The van der Waals surface area contributed by atoms with Gasteiger partial charge >= 0.3 is 0 Å². The summed E-state index contributed by atoms with van der Waals surface area (Å²) in [6, 6.07) is 0.303. The molecule has 4 nitrogen and oxygen atoms in total. The first-order valence-electron chi connectivity index (χ1n) is 6.19. The Bertz CT molecular complexity index is 368. The number of fused-ring (bicyclic) bond motifs is 1. The SMILES string of the molecule is NC1CCn2cc(CC3CCOC3)nc2C1. The van der Waals surface area contributed by atoms with Gasteiger partial charge in [-0.25, -0.2) is 4.98 Å². The predicted molar refractivity (Wildman–Crippen MR) is 61.2 cm³/mol. The van der Waals surface area contributed by atoms with Crippen LogP contribution in [-0.4, -0.2) is 28.8 Å². The lowest BCUT2D eigenvalue weighted by atomic mass is 10.0. The van der Waals surface area contributed by atoms with Crippen LogP contribution in [0.2, 0.25) is 0 Å². The fourth-order valence-electron chi connectivity index (χ4n) is 2.65. The smallest absolute Gasteiger partial charge is 0.110 e. The highest BCUT2D eigenvalue weighted by Gasteiger charge is 2.21. The van der Waals surface area contributed by atoms with E-state index in [1.807, 2.05) is 0 Å². The van der Waals surface area contributed by atoms with Crippen molar-refractivity contribution in [1.82, 2.24) is 9.55 Å². The second-order valence-electron chi connectivity index (χ2n) is 5.03. The Morgan fingerprint density at radius 2 is 2.44 bits per heavy atom. The maximum atomic E-state index is 5.95. The molecular weight excluding hydrogens is 202 g/mol. The van der Waals surface area contributed by atoms with Gasteiger partial charge in [-0.2, -0.15) is 0 Å². The van der Waals surface area contributed by atoms with Crippen molar-refractivity contribution >= 4 is 0 Å². The molecule has 3 rings (SSSR count). The summed E-state index contributed by atoms with van der Waals surface area (Å²) in [5, 5.41) is 0. The molecule has 2 unspecified atom stereocenters. The van der Waals surface area contributed by atoms with Gasteiger partial charge in [-0.05, 0) is 25.2 Å². The van der Waals surface area contributed by atoms with Crippen LogP contribution in [0, 0.1) is 5.92 Å². The van der Waals surface area contributed by atoms with Crippen molar-refractivity contribution in [1.29, 1.82) is 0 Å². The monoisotopic (exact) mass is 221 g/mol. The van der Waals surface area contributed by atoms with E-state index in [2.05, 4.69) is 10.8 Å². The standard InChI is InChI=1S/C12H19N3O/c13-10-1-3-15-7-11(14-12(15)6-10)5-9-2-4-16-8-9/h7,9-10H,1-6,8,13H2. The number of aryl methyl sites for hydroxylation is 1. The van der Waals surface area contributed by atoms with E-state index in [0.29, 0.717) is 12.0 Å². The summed E-state index contributed by atoms with van der Waals surface area (Å²) in [4.78, 5) is 4.69. The van der Waals surface area contributed by atoms with E-state index < -0.39 is 0 Å². The summed E-state index contributed by atoms with van der Waals surface area (Å²) >= 11 is 0. The highest BCUT2D eigenvalue weighted by atomic mass is 16.5. The van der Waals surface area contributed by atoms with Gasteiger partial charge in [0, 0.05) is 38.4 Å². The van der Waals surface area contributed by atoms with E-state index in [9.17, 15) is 0 Å². The van der Waals surface area contributed by atoms with Crippen LogP contribution in [0.3, 0.4) is 0 Å². The van der Waals surface area contributed by atoms with Gasteiger partial charge < -0.3 is 15.0 Å². The molecule has 88 valence electrons. The van der Waals surface area contributed by atoms with Gasteiger partial charge in [0.25, 0.3) is 0 Å². The molecular formula is C12H19N3O. The molecule has 0 spiro atoms. The zero-order valence-corrected chi connectivity index (χ0v) is 9.56. The summed E-state index contributed by atoms with van der Waals surface area (Å²) in [7, 11) is 0. The van der Waals surface area contributed by atoms with E-state index in [0.717, 1.165) is 39.0 Å². The maximum Gasteiger partial charge on any atom is 0.110 e. The average Bonchev–Trinajstić information content (AvgIpc) is 2.86. The molecule has 0 aromatic carbocycles. The van der Waals surface area contributed by atoms with E-state index in [1.54, 1.807) is 0 Å². The van der Waals surface area contributed by atoms with Crippen LogP contribution >= 0.6 is 0 Å². The number of ether oxygens (including phenoxy) is 1. The summed E-state index contributed by atoms with van der Waals surface area (Å²) < 4.78 is 7.67. The van der Waals surface area contributed by atoms with Gasteiger partial charge in [-0.15, -0.1) is 0 Å². The predicted octanol–water partition coefficient (Wildman–Crippen LogP) is 0.736. The first-order valence-corrected chi connectivity index (χ1v) is 6.19. The van der Waals surface area contributed by atoms with Crippen molar-refractivity contribution in [3.8, 4) is 0 Å². The van der Waals surface area contributed by atoms with Crippen molar-refractivity contribution in [2.45, 2.75) is 38.3 Å². The van der Waals surface area contributed by atoms with Crippen LogP contribution in [0.4, 0.5) is 0 Å². The van der Waals surface area contributed by atoms with Gasteiger partial charge in [0.15, 0.2) is 0 Å². The molecule has 4 heteroatoms. The Hall–Kier alpha value is -0.870. The van der Waals surface area contributed by atoms with E-state index in [1.165, 1.54) is 17.9 Å². The second-order valence-corrected chi connectivity index (χ2v) is 5.03. The van der Waals surface area contributed by atoms with Gasteiger partial charge in [0.05, 0.1) is 5.69 Å². The molecule has 16 heavy (non-hydrogen) atoms. The molecule has 1 aromatic rings. The fourth-order valence-corrected chi connectivity index (χ4v) is 2.65. The third kappa shape index (κ3) is 1.99. The number of nitrogens with two attached hydrogens (primary N) is 1. The minimum atomic E-state index is 0.303. The number of rotatable bonds is 2. The minimum Gasteiger partial charge on any atom is -0.381 e. The minimum absolute atomic E-state index is 0.303. The largest absolute Gasteiger partial charge is 0.381 e. The Balaban J connectivity index is 1.71. The topological polar surface area (TPSA) is 53.1 Å². The molecule has 3 heterocycles. The summed E-state index contributed by atoms with van der Waals surface area (Å²) in [5.41, 5.74) is 7.17. The number of nitrogens with zero attached hydrogens (tertiary/aromatic N) is 2. The molecule has 1 saturated heterocycles. The molecule has 2 atom stereocenters. The molecule has 2 aliphatic rings. The average molecular weight is 221 g/mol. The van der Waals surface area contributed by atoms with Crippen molar-refractivity contribution in [2.24, 2.45) is 11.7 Å². The van der Waals surface area contributed by atoms with Crippen molar-refractivity contribution in [3.63, 3.8) is 0 Å². The Labute approximate surface area is 95.8 Å². The third-order valence-electron chi connectivity index (χ3n) is 3.62. The Morgan fingerprint density at radius 3 is 3.25 bits per heavy atom. The molecule has 0 amide bonds. The first kappa shape index (κ1) is 10.3. The highest BCUT2D eigenvalue weighted by molar-refractivity contribution is 5.08. The third-order valence-corrected chi connectivity index (χ3v) is 3.62. The second kappa shape index (κ2) is 4.18. The lowest BCUT2D eigenvalue weighted by Crippen LogP contribution is -2.30. The zero-order valence-electron chi connectivity index (χ0n) is 9.56. The molecule has 1 fully saturated rings. The normalized spacial score (nSPS) is 29.3. The number of aromatic nitrogens is 2.